The van der Waals surface area contributed by atoms with E-state index in [1.807, 2.05) is 13.8 Å². The molecule has 0 spiro atoms. The van der Waals surface area contributed by atoms with Crippen LogP contribution in [0.1, 0.15) is 49.4 Å². The molecule has 1 amide bonds. The van der Waals surface area contributed by atoms with Crippen molar-refractivity contribution in [2.24, 2.45) is 5.92 Å². The Hall–Kier alpha value is -1.85. The van der Waals surface area contributed by atoms with Crippen LogP contribution >= 0.6 is 0 Å². The van der Waals surface area contributed by atoms with Crippen LogP contribution in [0.25, 0.3) is 0 Å². The number of carboxylic acids is 1. The molecular weight excluding hydrogens is 234 g/mol. The summed E-state index contributed by atoms with van der Waals surface area (Å²) in [6.45, 7) is 3.65. The van der Waals surface area contributed by atoms with Gasteiger partial charge in [0.1, 0.15) is 11.5 Å². The molecule has 2 rings (SSSR count). The molecule has 0 aliphatic heterocycles. The molecule has 0 aromatic carbocycles. The van der Waals surface area contributed by atoms with E-state index in [1.165, 1.54) is 6.20 Å². The van der Waals surface area contributed by atoms with E-state index in [1.54, 1.807) is 0 Å². The summed E-state index contributed by atoms with van der Waals surface area (Å²) in [5, 5.41) is 11.8. The zero-order valence-corrected chi connectivity index (χ0v) is 10.5. The standard InChI is InChI=1S/C12H17N3O3/c1-7(2)9(16)15-12(4-3-5-12)11-13-6-8(14-11)10(17)18/h6-7H,3-5H2,1-2H3,(H,13,14)(H,15,16)(H,17,18). The van der Waals surface area contributed by atoms with Gasteiger partial charge in [-0.05, 0) is 19.3 Å². The number of nitrogens with zero attached hydrogens (tertiary/aromatic N) is 1. The highest BCUT2D eigenvalue weighted by Gasteiger charge is 2.43. The molecule has 1 fully saturated rings. The number of aromatic nitrogens is 2. The molecule has 6 heteroatoms. The van der Waals surface area contributed by atoms with Crippen molar-refractivity contribution in [3.63, 3.8) is 0 Å². The zero-order valence-electron chi connectivity index (χ0n) is 10.5. The van der Waals surface area contributed by atoms with Crippen molar-refractivity contribution in [1.29, 1.82) is 0 Å². The Bertz CT molecular complexity index is 475. The van der Waals surface area contributed by atoms with Crippen molar-refractivity contribution in [2.75, 3.05) is 0 Å². The number of imidazole rings is 1. The fourth-order valence-corrected chi connectivity index (χ4v) is 2.00. The summed E-state index contributed by atoms with van der Waals surface area (Å²) in [4.78, 5) is 29.5. The SMILES string of the molecule is CC(C)C(=O)NC1(c2ncc(C(=O)O)[nH]2)CCC1. The highest BCUT2D eigenvalue weighted by atomic mass is 16.4. The monoisotopic (exact) mass is 251 g/mol. The van der Waals surface area contributed by atoms with Gasteiger partial charge in [0, 0.05) is 5.92 Å². The van der Waals surface area contributed by atoms with Crippen LogP contribution in [-0.4, -0.2) is 27.0 Å². The zero-order chi connectivity index (χ0) is 13.3. The highest BCUT2D eigenvalue weighted by Crippen LogP contribution is 2.39. The molecule has 0 bridgehead atoms. The predicted octanol–water partition coefficient (Wildman–Crippen LogP) is 1.26. The minimum absolute atomic E-state index is 0.0389. The van der Waals surface area contributed by atoms with E-state index in [-0.39, 0.29) is 17.5 Å². The van der Waals surface area contributed by atoms with Crippen molar-refractivity contribution in [3.8, 4) is 0 Å². The molecule has 1 aliphatic rings. The smallest absolute Gasteiger partial charge is 0.353 e. The Labute approximate surface area is 105 Å². The molecule has 0 unspecified atom stereocenters. The summed E-state index contributed by atoms with van der Waals surface area (Å²) in [7, 11) is 0. The Morgan fingerprint density at radius 1 is 1.50 bits per heavy atom. The second-order valence-electron chi connectivity index (χ2n) is 5.03. The summed E-state index contributed by atoms with van der Waals surface area (Å²) < 4.78 is 0. The van der Waals surface area contributed by atoms with Crippen LogP contribution in [0.2, 0.25) is 0 Å². The van der Waals surface area contributed by atoms with Gasteiger partial charge in [-0.2, -0.15) is 0 Å². The van der Waals surface area contributed by atoms with Gasteiger partial charge in [0.15, 0.2) is 0 Å². The second kappa shape index (κ2) is 4.44. The minimum atomic E-state index is -1.04. The Kier molecular flexibility index (Phi) is 3.11. The van der Waals surface area contributed by atoms with Crippen molar-refractivity contribution in [1.82, 2.24) is 15.3 Å². The lowest BCUT2D eigenvalue weighted by atomic mass is 9.75. The average molecular weight is 251 g/mol. The molecule has 1 aromatic rings. The molecule has 0 radical (unpaired) electrons. The summed E-state index contributed by atoms with van der Waals surface area (Å²) >= 11 is 0. The second-order valence-corrected chi connectivity index (χ2v) is 5.03. The number of carbonyl (C=O) groups is 2. The molecule has 1 aliphatic carbocycles. The van der Waals surface area contributed by atoms with Gasteiger partial charge in [0.25, 0.3) is 0 Å². The summed E-state index contributed by atoms with van der Waals surface area (Å²) in [5.74, 6) is -0.641. The van der Waals surface area contributed by atoms with E-state index in [9.17, 15) is 9.59 Å². The van der Waals surface area contributed by atoms with Crippen LogP contribution in [0.3, 0.4) is 0 Å². The molecule has 98 valence electrons. The minimum Gasteiger partial charge on any atom is -0.477 e. The Balaban J connectivity index is 2.21. The topological polar surface area (TPSA) is 95.1 Å². The number of nitrogens with one attached hydrogen (secondary N) is 2. The first-order chi connectivity index (χ1) is 8.44. The molecule has 6 nitrogen and oxygen atoms in total. The lowest BCUT2D eigenvalue weighted by molar-refractivity contribution is -0.127. The van der Waals surface area contributed by atoms with Gasteiger partial charge in [0.2, 0.25) is 5.91 Å². The molecule has 1 heterocycles. The first-order valence-corrected chi connectivity index (χ1v) is 6.05. The van der Waals surface area contributed by atoms with Gasteiger partial charge < -0.3 is 15.4 Å². The lowest BCUT2D eigenvalue weighted by Gasteiger charge is -2.41. The first-order valence-electron chi connectivity index (χ1n) is 6.05. The van der Waals surface area contributed by atoms with E-state index < -0.39 is 11.5 Å². The molecule has 1 saturated carbocycles. The van der Waals surface area contributed by atoms with E-state index in [2.05, 4.69) is 15.3 Å². The third kappa shape index (κ3) is 2.10. The van der Waals surface area contributed by atoms with Crippen LogP contribution < -0.4 is 5.32 Å². The number of carbonyl (C=O) groups excluding carboxylic acids is 1. The average Bonchev–Trinajstić information content (AvgIpc) is 2.72. The number of aromatic amines is 1. The van der Waals surface area contributed by atoms with Crippen LogP contribution in [0.5, 0.6) is 0 Å². The molecule has 0 saturated heterocycles. The maximum Gasteiger partial charge on any atom is 0.353 e. The quantitative estimate of drug-likeness (QED) is 0.750. The number of hydrogen-bond donors (Lipinski definition) is 3. The predicted molar refractivity (Wildman–Crippen MR) is 64.1 cm³/mol. The number of hydrogen-bond acceptors (Lipinski definition) is 3. The number of amides is 1. The molecular formula is C12H17N3O3. The normalized spacial score (nSPS) is 17.3. The number of rotatable bonds is 4. The maximum atomic E-state index is 11.8. The van der Waals surface area contributed by atoms with Crippen LogP contribution in [0.4, 0.5) is 0 Å². The fraction of sp³-hybridized carbons (Fsp3) is 0.583. The van der Waals surface area contributed by atoms with E-state index in [0.717, 1.165) is 19.3 Å². The lowest BCUT2D eigenvalue weighted by Crippen LogP contribution is -2.52. The van der Waals surface area contributed by atoms with Gasteiger partial charge in [-0.3, -0.25) is 4.79 Å². The third-order valence-electron chi connectivity index (χ3n) is 3.35. The fourth-order valence-electron chi connectivity index (χ4n) is 2.00. The summed E-state index contributed by atoms with van der Waals surface area (Å²) in [5.41, 5.74) is -0.454. The largest absolute Gasteiger partial charge is 0.477 e. The van der Waals surface area contributed by atoms with Crippen LogP contribution in [0, 0.1) is 5.92 Å². The number of carboxylic acid groups (broad SMARTS) is 1. The van der Waals surface area contributed by atoms with E-state index in [4.69, 9.17) is 5.11 Å². The van der Waals surface area contributed by atoms with Gasteiger partial charge in [-0.1, -0.05) is 13.8 Å². The van der Waals surface area contributed by atoms with E-state index in [0.29, 0.717) is 5.82 Å². The van der Waals surface area contributed by atoms with Gasteiger partial charge >= 0.3 is 5.97 Å². The van der Waals surface area contributed by atoms with Gasteiger partial charge in [-0.25, -0.2) is 9.78 Å². The maximum absolute atomic E-state index is 11.8. The summed E-state index contributed by atoms with van der Waals surface area (Å²) in [6.07, 6.45) is 3.87. The van der Waals surface area contributed by atoms with Crippen molar-refractivity contribution < 1.29 is 14.7 Å². The molecule has 0 atom stereocenters. The van der Waals surface area contributed by atoms with Crippen molar-refractivity contribution in [2.45, 2.75) is 38.6 Å². The van der Waals surface area contributed by atoms with Gasteiger partial charge in [0.05, 0.1) is 11.7 Å². The molecule has 3 N–H and O–H groups in total. The Morgan fingerprint density at radius 3 is 2.56 bits per heavy atom. The number of aromatic carboxylic acids is 1. The molecule has 1 aromatic heterocycles. The van der Waals surface area contributed by atoms with E-state index >= 15 is 0 Å². The van der Waals surface area contributed by atoms with Crippen molar-refractivity contribution in [3.05, 3.63) is 17.7 Å². The van der Waals surface area contributed by atoms with Crippen LogP contribution in [0.15, 0.2) is 6.20 Å². The number of H-pyrrole nitrogens is 1. The van der Waals surface area contributed by atoms with Crippen molar-refractivity contribution >= 4 is 11.9 Å². The first kappa shape index (κ1) is 12.6. The highest BCUT2D eigenvalue weighted by molar-refractivity contribution is 5.85. The van der Waals surface area contributed by atoms with Crippen LogP contribution in [-0.2, 0) is 10.3 Å². The Morgan fingerprint density at radius 2 is 2.17 bits per heavy atom. The van der Waals surface area contributed by atoms with Gasteiger partial charge in [-0.15, -0.1) is 0 Å². The molecule has 18 heavy (non-hydrogen) atoms. The summed E-state index contributed by atoms with van der Waals surface area (Å²) in [6, 6.07) is 0. The third-order valence-corrected chi connectivity index (χ3v) is 3.35.